The SMILES string of the molecule is CCOC(=O)CCc1c(CC(=O)OCC)cn(C(C)=O)c1CSC(=O)c1ccccc1. The lowest BCUT2D eigenvalue weighted by Crippen LogP contribution is -2.11. The molecular weight excluding hydrogens is 418 g/mol. The van der Waals surface area contributed by atoms with E-state index in [1.807, 2.05) is 6.07 Å². The summed E-state index contributed by atoms with van der Waals surface area (Å²) in [5.74, 6) is -0.789. The van der Waals surface area contributed by atoms with Crippen molar-refractivity contribution in [3.05, 3.63) is 58.9 Å². The van der Waals surface area contributed by atoms with Crippen LogP contribution in [-0.4, -0.2) is 40.7 Å². The molecule has 0 aliphatic rings. The van der Waals surface area contributed by atoms with Gasteiger partial charge in [0.05, 0.1) is 19.6 Å². The maximum atomic E-state index is 12.6. The molecule has 0 saturated heterocycles. The van der Waals surface area contributed by atoms with Gasteiger partial charge < -0.3 is 9.47 Å². The summed E-state index contributed by atoms with van der Waals surface area (Å²) >= 11 is 1.07. The maximum Gasteiger partial charge on any atom is 0.310 e. The summed E-state index contributed by atoms with van der Waals surface area (Å²) in [6.45, 7) is 5.39. The number of ether oxygens (including phenoxy) is 2. The molecular formula is C23H27NO6S. The molecule has 0 atom stereocenters. The fourth-order valence-electron chi connectivity index (χ4n) is 3.16. The highest BCUT2D eigenvalue weighted by atomic mass is 32.2. The van der Waals surface area contributed by atoms with Crippen molar-refractivity contribution in [1.82, 2.24) is 4.57 Å². The third kappa shape index (κ3) is 7.10. The van der Waals surface area contributed by atoms with Crippen LogP contribution in [-0.2, 0) is 37.7 Å². The molecule has 0 fully saturated rings. The van der Waals surface area contributed by atoms with Crippen LogP contribution < -0.4 is 0 Å². The van der Waals surface area contributed by atoms with E-state index in [1.54, 1.807) is 44.3 Å². The van der Waals surface area contributed by atoms with Gasteiger partial charge in [-0.1, -0.05) is 42.1 Å². The number of thioether (sulfide) groups is 1. The van der Waals surface area contributed by atoms with Crippen LogP contribution >= 0.6 is 11.8 Å². The summed E-state index contributed by atoms with van der Waals surface area (Å²) in [5, 5.41) is -0.125. The van der Waals surface area contributed by atoms with Crippen molar-refractivity contribution in [3.8, 4) is 0 Å². The van der Waals surface area contributed by atoms with Crippen molar-refractivity contribution in [2.24, 2.45) is 0 Å². The first-order chi connectivity index (χ1) is 14.9. The monoisotopic (exact) mass is 445 g/mol. The Labute approximate surface area is 186 Å². The number of aromatic nitrogens is 1. The Hall–Kier alpha value is -2.87. The predicted molar refractivity (Wildman–Crippen MR) is 118 cm³/mol. The van der Waals surface area contributed by atoms with E-state index < -0.39 is 5.97 Å². The number of hydrogen-bond acceptors (Lipinski definition) is 7. The molecule has 2 aromatic rings. The van der Waals surface area contributed by atoms with Gasteiger partial charge in [0.1, 0.15) is 0 Å². The molecule has 0 aliphatic carbocycles. The fraction of sp³-hybridized carbons (Fsp3) is 0.391. The Balaban J connectivity index is 2.33. The summed E-state index contributed by atoms with van der Waals surface area (Å²) in [4.78, 5) is 48.8. The molecule has 0 amide bonds. The molecule has 0 bridgehead atoms. The summed E-state index contributed by atoms with van der Waals surface area (Å²) in [7, 11) is 0. The van der Waals surface area contributed by atoms with Gasteiger partial charge in [0, 0.05) is 36.6 Å². The molecule has 1 aromatic carbocycles. The highest BCUT2D eigenvalue weighted by Gasteiger charge is 2.22. The summed E-state index contributed by atoms with van der Waals surface area (Å²) in [5.41, 5.74) is 2.48. The van der Waals surface area contributed by atoms with Gasteiger partial charge in [0.25, 0.3) is 0 Å². The molecule has 0 N–H and O–H groups in total. The Morgan fingerprint density at radius 1 is 0.968 bits per heavy atom. The maximum absolute atomic E-state index is 12.6. The lowest BCUT2D eigenvalue weighted by Gasteiger charge is -2.10. The molecule has 166 valence electrons. The van der Waals surface area contributed by atoms with E-state index in [2.05, 4.69) is 0 Å². The van der Waals surface area contributed by atoms with Crippen LogP contribution in [0.15, 0.2) is 36.5 Å². The molecule has 0 unspecified atom stereocenters. The molecule has 0 aliphatic heterocycles. The van der Waals surface area contributed by atoms with Gasteiger partial charge in [-0.3, -0.25) is 23.7 Å². The van der Waals surface area contributed by atoms with Crippen LogP contribution in [0, 0.1) is 0 Å². The number of hydrogen-bond donors (Lipinski definition) is 0. The molecule has 0 radical (unpaired) electrons. The topological polar surface area (TPSA) is 91.7 Å². The summed E-state index contributed by atoms with van der Waals surface area (Å²) in [6, 6.07) is 8.86. The lowest BCUT2D eigenvalue weighted by atomic mass is 10.0. The van der Waals surface area contributed by atoms with Gasteiger partial charge in [0.15, 0.2) is 0 Å². The zero-order chi connectivity index (χ0) is 22.8. The molecule has 0 spiro atoms. The standard InChI is InChI=1S/C23H27NO6S/c1-4-29-21(26)12-11-19-18(13-22(27)30-5-2)14-24(16(3)25)20(19)15-31-23(28)17-9-7-6-8-10-17/h6-10,14H,4-5,11-13,15H2,1-3H3. The van der Waals surface area contributed by atoms with Crippen molar-refractivity contribution in [3.63, 3.8) is 0 Å². The van der Waals surface area contributed by atoms with Gasteiger partial charge in [-0.15, -0.1) is 0 Å². The molecule has 8 heteroatoms. The van der Waals surface area contributed by atoms with E-state index in [4.69, 9.17) is 9.47 Å². The average Bonchev–Trinajstić information content (AvgIpc) is 3.08. The smallest absolute Gasteiger partial charge is 0.310 e. The quantitative estimate of drug-likeness (QED) is 0.513. The number of rotatable bonds is 10. The van der Waals surface area contributed by atoms with E-state index in [1.165, 1.54) is 11.5 Å². The third-order valence-corrected chi connectivity index (χ3v) is 5.44. The van der Waals surface area contributed by atoms with E-state index in [0.29, 0.717) is 28.8 Å². The van der Waals surface area contributed by atoms with Crippen molar-refractivity contribution < 1.29 is 28.7 Å². The van der Waals surface area contributed by atoms with Gasteiger partial charge in [0.2, 0.25) is 11.0 Å². The Bertz CT molecular complexity index is 935. The van der Waals surface area contributed by atoms with Crippen LogP contribution in [0.4, 0.5) is 0 Å². The van der Waals surface area contributed by atoms with E-state index in [0.717, 1.165) is 11.8 Å². The average molecular weight is 446 g/mol. The van der Waals surface area contributed by atoms with Crippen molar-refractivity contribution in [2.45, 2.75) is 45.8 Å². The van der Waals surface area contributed by atoms with Crippen LogP contribution in [0.25, 0.3) is 0 Å². The van der Waals surface area contributed by atoms with Gasteiger partial charge in [-0.25, -0.2) is 0 Å². The highest BCUT2D eigenvalue weighted by Crippen LogP contribution is 2.27. The summed E-state index contributed by atoms with van der Waals surface area (Å²) in [6.07, 6.45) is 1.98. The van der Waals surface area contributed by atoms with E-state index >= 15 is 0 Å². The van der Waals surface area contributed by atoms with Crippen molar-refractivity contribution >= 4 is 34.7 Å². The minimum Gasteiger partial charge on any atom is -0.466 e. The number of carbonyl (C=O) groups is 4. The second kappa shape index (κ2) is 12.1. The largest absolute Gasteiger partial charge is 0.466 e. The highest BCUT2D eigenvalue weighted by molar-refractivity contribution is 8.13. The Kier molecular flexibility index (Phi) is 9.52. The first-order valence-electron chi connectivity index (χ1n) is 10.1. The lowest BCUT2D eigenvalue weighted by molar-refractivity contribution is -0.143. The zero-order valence-electron chi connectivity index (χ0n) is 18.0. The number of benzene rings is 1. The minimum atomic E-state index is -0.417. The second-order valence-corrected chi connectivity index (χ2v) is 7.65. The molecule has 7 nitrogen and oxygen atoms in total. The first kappa shape index (κ1) is 24.4. The van der Waals surface area contributed by atoms with Gasteiger partial charge >= 0.3 is 11.9 Å². The van der Waals surface area contributed by atoms with Crippen LogP contribution in [0.2, 0.25) is 0 Å². The summed E-state index contributed by atoms with van der Waals surface area (Å²) < 4.78 is 11.5. The van der Waals surface area contributed by atoms with Crippen molar-refractivity contribution in [2.75, 3.05) is 13.2 Å². The van der Waals surface area contributed by atoms with Gasteiger partial charge in [-0.2, -0.15) is 0 Å². The molecule has 1 aromatic heterocycles. The Morgan fingerprint density at radius 3 is 2.23 bits per heavy atom. The number of nitrogens with zero attached hydrogens (tertiary/aromatic N) is 1. The van der Waals surface area contributed by atoms with E-state index in [-0.39, 0.29) is 48.8 Å². The molecule has 2 rings (SSSR count). The van der Waals surface area contributed by atoms with Crippen LogP contribution in [0.3, 0.4) is 0 Å². The number of esters is 2. The van der Waals surface area contributed by atoms with E-state index in [9.17, 15) is 19.2 Å². The third-order valence-electron chi connectivity index (χ3n) is 4.52. The zero-order valence-corrected chi connectivity index (χ0v) is 18.8. The first-order valence-corrected chi connectivity index (χ1v) is 11.1. The molecule has 31 heavy (non-hydrogen) atoms. The molecule has 1 heterocycles. The normalized spacial score (nSPS) is 10.5. The fourth-order valence-corrected chi connectivity index (χ4v) is 4.04. The van der Waals surface area contributed by atoms with Crippen molar-refractivity contribution in [1.29, 1.82) is 0 Å². The number of carbonyl (C=O) groups excluding carboxylic acids is 4. The Morgan fingerprint density at radius 2 is 1.61 bits per heavy atom. The minimum absolute atomic E-state index is 0.0173. The van der Waals surface area contributed by atoms with Crippen LogP contribution in [0.1, 0.15) is 59.2 Å². The second-order valence-electron chi connectivity index (χ2n) is 6.70. The van der Waals surface area contributed by atoms with Crippen LogP contribution in [0.5, 0.6) is 0 Å². The van der Waals surface area contributed by atoms with Gasteiger partial charge in [-0.05, 0) is 31.4 Å². The predicted octanol–water partition coefficient (Wildman–Crippen LogP) is 3.82. The molecule has 0 saturated carbocycles.